The third kappa shape index (κ3) is 0.617. The number of benzene rings is 1. The molecule has 1 aromatic carbocycles. The van der Waals surface area contributed by atoms with E-state index >= 15 is 0 Å². The molecule has 1 N–H and O–H groups in total. The van der Waals surface area contributed by atoms with E-state index in [1.807, 2.05) is 24.5 Å². The number of H-pyrrole nitrogens is 1. The smallest absolute Gasteiger partial charge is 0.00908 e. The Balaban J connectivity index is 2.95. The summed E-state index contributed by atoms with van der Waals surface area (Å²) in [5.74, 6) is 0. The van der Waals surface area contributed by atoms with Gasteiger partial charge in [0, 0.05) is 23.2 Å². The minimum absolute atomic E-state index is 1.09. The average molecular weight is 115 g/mol. The highest BCUT2D eigenvalue weighted by Gasteiger charge is 1.88. The lowest BCUT2D eigenvalue weighted by Gasteiger charge is -1.80. The van der Waals surface area contributed by atoms with E-state index in [4.69, 9.17) is 0 Å². The van der Waals surface area contributed by atoms with E-state index in [0.29, 0.717) is 0 Å². The van der Waals surface area contributed by atoms with E-state index in [2.05, 4.69) is 17.1 Å². The zero-order chi connectivity index (χ0) is 6.10. The second kappa shape index (κ2) is 1.62. The van der Waals surface area contributed by atoms with E-state index in [9.17, 15) is 0 Å². The van der Waals surface area contributed by atoms with E-state index in [1.54, 1.807) is 0 Å². The number of aromatic amines is 1. The Morgan fingerprint density at radius 1 is 1.00 bits per heavy atom. The van der Waals surface area contributed by atoms with Gasteiger partial charge >= 0.3 is 0 Å². The third-order valence-electron chi connectivity index (χ3n) is 1.31. The standard InChI is InChI=1S/C8H5N/c1-2-4-8-6-9-5-7(8)3-1/h1-2,5-6,9H. The van der Waals surface area contributed by atoms with Gasteiger partial charge < -0.3 is 4.98 Å². The lowest BCUT2D eigenvalue weighted by molar-refractivity contribution is 1.43. The zero-order valence-corrected chi connectivity index (χ0v) is 4.81. The Morgan fingerprint density at radius 3 is 2.11 bits per heavy atom. The van der Waals surface area contributed by atoms with E-state index in [1.165, 1.54) is 0 Å². The van der Waals surface area contributed by atoms with Crippen molar-refractivity contribution in [2.24, 2.45) is 0 Å². The van der Waals surface area contributed by atoms with Crippen LogP contribution in [-0.2, 0) is 0 Å². The molecule has 0 unspecified atom stereocenters. The summed E-state index contributed by atoms with van der Waals surface area (Å²) in [5.41, 5.74) is 0. The van der Waals surface area contributed by atoms with Gasteiger partial charge in [-0.25, -0.2) is 0 Å². The molecule has 2 aromatic rings. The molecule has 1 heteroatoms. The molecule has 0 aliphatic heterocycles. The van der Waals surface area contributed by atoms with Crippen molar-refractivity contribution in [2.75, 3.05) is 0 Å². The van der Waals surface area contributed by atoms with E-state index in [-0.39, 0.29) is 0 Å². The molecule has 2 radical (unpaired) electrons. The Bertz CT molecular complexity index is 279. The molecular weight excluding hydrogens is 110 g/mol. The number of nitrogens with one attached hydrogen (secondary N) is 1. The van der Waals surface area contributed by atoms with Crippen molar-refractivity contribution in [2.45, 2.75) is 0 Å². The van der Waals surface area contributed by atoms with Crippen LogP contribution in [0.25, 0.3) is 10.8 Å². The Morgan fingerprint density at radius 2 is 1.56 bits per heavy atom. The Hall–Kier alpha value is -1.24. The summed E-state index contributed by atoms with van der Waals surface area (Å²) in [6, 6.07) is 9.85. The monoisotopic (exact) mass is 115 g/mol. The van der Waals surface area contributed by atoms with Gasteiger partial charge in [-0.05, 0) is 12.1 Å². The van der Waals surface area contributed by atoms with Crippen LogP contribution < -0.4 is 0 Å². The first-order valence-electron chi connectivity index (χ1n) is 2.82. The van der Waals surface area contributed by atoms with E-state index in [0.717, 1.165) is 10.8 Å². The summed E-state index contributed by atoms with van der Waals surface area (Å²) in [5, 5.41) is 2.19. The lowest BCUT2D eigenvalue weighted by atomic mass is 10.2. The number of rotatable bonds is 0. The highest BCUT2D eigenvalue weighted by Crippen LogP contribution is 2.08. The normalized spacial score (nSPS) is 10.2. The van der Waals surface area contributed by atoms with Crippen molar-refractivity contribution in [1.29, 1.82) is 0 Å². The first kappa shape index (κ1) is 4.62. The molecule has 42 valence electrons. The largest absolute Gasteiger partial charge is 0.366 e. The van der Waals surface area contributed by atoms with Crippen LogP contribution in [0.5, 0.6) is 0 Å². The molecule has 0 atom stereocenters. The first-order chi connectivity index (χ1) is 4.47. The molecule has 0 spiro atoms. The fraction of sp³-hybridized carbons (Fsp3) is 0. The molecule has 1 aromatic heterocycles. The molecule has 0 saturated heterocycles. The van der Waals surface area contributed by atoms with Crippen molar-refractivity contribution in [3.8, 4) is 0 Å². The Kier molecular flexibility index (Phi) is 0.833. The fourth-order valence-corrected chi connectivity index (χ4v) is 0.866. The number of aromatic nitrogens is 1. The van der Waals surface area contributed by atoms with Crippen molar-refractivity contribution in [1.82, 2.24) is 4.98 Å². The van der Waals surface area contributed by atoms with Crippen molar-refractivity contribution >= 4 is 10.8 Å². The van der Waals surface area contributed by atoms with Crippen molar-refractivity contribution in [3.05, 3.63) is 36.7 Å². The Labute approximate surface area is 53.3 Å². The van der Waals surface area contributed by atoms with Gasteiger partial charge in [0.25, 0.3) is 0 Å². The van der Waals surface area contributed by atoms with Crippen LogP contribution in [-0.4, -0.2) is 4.98 Å². The fourth-order valence-electron chi connectivity index (χ4n) is 0.866. The minimum atomic E-state index is 1.09. The van der Waals surface area contributed by atoms with Gasteiger partial charge in [-0.1, -0.05) is 12.1 Å². The minimum Gasteiger partial charge on any atom is -0.366 e. The molecule has 0 bridgehead atoms. The third-order valence-corrected chi connectivity index (χ3v) is 1.31. The summed E-state index contributed by atoms with van der Waals surface area (Å²) >= 11 is 0. The second-order valence-electron chi connectivity index (χ2n) is 1.90. The summed E-state index contributed by atoms with van der Waals surface area (Å²) in [4.78, 5) is 2.98. The molecule has 1 heterocycles. The number of hydrogen-bond acceptors (Lipinski definition) is 0. The molecular formula is C8H5N. The quantitative estimate of drug-likeness (QED) is 0.538. The maximum absolute atomic E-state index is 3.07. The molecule has 9 heavy (non-hydrogen) atoms. The maximum Gasteiger partial charge on any atom is 0.00908 e. The summed E-state index contributed by atoms with van der Waals surface area (Å²) in [7, 11) is 0. The van der Waals surface area contributed by atoms with Gasteiger partial charge in [0.1, 0.15) is 0 Å². The predicted molar refractivity (Wildman–Crippen MR) is 36.0 cm³/mol. The molecule has 1 nitrogen and oxygen atoms in total. The van der Waals surface area contributed by atoms with Gasteiger partial charge in [-0.2, -0.15) is 0 Å². The lowest BCUT2D eigenvalue weighted by Crippen LogP contribution is -1.59. The van der Waals surface area contributed by atoms with Crippen molar-refractivity contribution < 1.29 is 0 Å². The van der Waals surface area contributed by atoms with Crippen molar-refractivity contribution in [3.63, 3.8) is 0 Å². The van der Waals surface area contributed by atoms with Crippen LogP contribution in [0.4, 0.5) is 0 Å². The number of hydrogen-bond donors (Lipinski definition) is 1. The van der Waals surface area contributed by atoms with Gasteiger partial charge in [0.15, 0.2) is 0 Å². The molecule has 0 saturated carbocycles. The molecule has 0 aliphatic rings. The SMILES string of the molecule is [c]1cc[c]c2c[nH]cc12. The van der Waals surface area contributed by atoms with Crippen LogP contribution in [0.3, 0.4) is 0 Å². The van der Waals surface area contributed by atoms with Crippen LogP contribution in [0.15, 0.2) is 24.5 Å². The zero-order valence-electron chi connectivity index (χ0n) is 4.81. The van der Waals surface area contributed by atoms with Crippen LogP contribution >= 0.6 is 0 Å². The molecule has 2 rings (SSSR count). The predicted octanol–water partition coefficient (Wildman–Crippen LogP) is 1.77. The maximum atomic E-state index is 3.07. The van der Waals surface area contributed by atoms with Crippen LogP contribution in [0.1, 0.15) is 0 Å². The summed E-state index contributed by atoms with van der Waals surface area (Å²) in [6.45, 7) is 0. The molecule has 0 fully saturated rings. The summed E-state index contributed by atoms with van der Waals surface area (Å²) < 4.78 is 0. The second-order valence-corrected chi connectivity index (χ2v) is 1.90. The van der Waals surface area contributed by atoms with Gasteiger partial charge in [-0.15, -0.1) is 0 Å². The first-order valence-corrected chi connectivity index (χ1v) is 2.82. The summed E-state index contributed by atoms with van der Waals surface area (Å²) in [6.07, 6.45) is 3.82. The van der Waals surface area contributed by atoms with Crippen LogP contribution in [0, 0.1) is 12.1 Å². The average Bonchev–Trinajstić information content (AvgIpc) is 2.33. The van der Waals surface area contributed by atoms with Crippen LogP contribution in [0.2, 0.25) is 0 Å². The van der Waals surface area contributed by atoms with Gasteiger partial charge in [0.05, 0.1) is 0 Å². The topological polar surface area (TPSA) is 15.8 Å². The molecule has 0 aliphatic carbocycles. The highest BCUT2D eigenvalue weighted by atomic mass is 14.6. The van der Waals surface area contributed by atoms with Gasteiger partial charge in [-0.3, -0.25) is 0 Å². The van der Waals surface area contributed by atoms with E-state index < -0.39 is 0 Å². The van der Waals surface area contributed by atoms with Gasteiger partial charge in [0.2, 0.25) is 0 Å². The highest BCUT2D eigenvalue weighted by molar-refractivity contribution is 5.80. The number of fused-ring (bicyclic) bond motifs is 1. The molecule has 0 amide bonds.